The minimum absolute atomic E-state index is 0.315. The monoisotopic (exact) mass is 238 g/mol. The summed E-state index contributed by atoms with van der Waals surface area (Å²) in [4.78, 5) is 11.2. The first-order valence-electron chi connectivity index (χ1n) is 5.53. The first kappa shape index (κ1) is 11.5. The molecule has 2 unspecified atom stereocenters. The topological polar surface area (TPSA) is 37.3 Å². The highest BCUT2D eigenvalue weighted by Gasteiger charge is 2.36. The molecular weight excluding hydrogens is 224 g/mol. The van der Waals surface area contributed by atoms with Gasteiger partial charge in [0.1, 0.15) is 0 Å². The van der Waals surface area contributed by atoms with Gasteiger partial charge in [0.2, 0.25) is 0 Å². The number of fused-ring (bicyclic) bond motifs is 1. The van der Waals surface area contributed by atoms with Gasteiger partial charge in [-0.05, 0) is 41.5 Å². The summed E-state index contributed by atoms with van der Waals surface area (Å²) in [7, 11) is 0. The smallest absolute Gasteiger partial charge is 0.311 e. The Morgan fingerprint density at radius 1 is 1.44 bits per heavy atom. The van der Waals surface area contributed by atoms with E-state index >= 15 is 0 Å². The van der Waals surface area contributed by atoms with E-state index in [1.807, 2.05) is 12.1 Å². The second-order valence-electron chi connectivity index (χ2n) is 4.75. The third-order valence-electron chi connectivity index (χ3n) is 3.42. The zero-order chi connectivity index (χ0) is 11.9. The molecule has 0 heterocycles. The fourth-order valence-corrected chi connectivity index (χ4v) is 2.74. The molecule has 0 saturated carbocycles. The molecule has 86 valence electrons. The van der Waals surface area contributed by atoms with Crippen LogP contribution in [0.25, 0.3) is 0 Å². The van der Waals surface area contributed by atoms with Crippen LogP contribution in [0.3, 0.4) is 0 Å². The summed E-state index contributed by atoms with van der Waals surface area (Å²) in [5.41, 5.74) is 2.06. The molecule has 1 aliphatic rings. The number of carbonyl (C=O) groups is 1. The number of carboxylic acid groups (broad SMARTS) is 1. The van der Waals surface area contributed by atoms with E-state index in [-0.39, 0.29) is 5.92 Å². The Labute approximate surface area is 100 Å². The van der Waals surface area contributed by atoms with Crippen molar-refractivity contribution in [3.05, 3.63) is 34.3 Å². The number of aliphatic carboxylic acids is 1. The van der Waals surface area contributed by atoms with E-state index in [0.29, 0.717) is 23.3 Å². The zero-order valence-electron chi connectivity index (χ0n) is 9.40. The van der Waals surface area contributed by atoms with Crippen molar-refractivity contribution >= 4 is 17.6 Å². The van der Waals surface area contributed by atoms with Crippen LogP contribution >= 0.6 is 11.6 Å². The summed E-state index contributed by atoms with van der Waals surface area (Å²) in [6, 6.07) is 5.56. The van der Waals surface area contributed by atoms with E-state index in [1.54, 1.807) is 6.07 Å². The molecule has 0 bridgehead atoms. The lowest BCUT2D eigenvalue weighted by Crippen LogP contribution is -2.09. The van der Waals surface area contributed by atoms with Crippen LogP contribution in [0.2, 0.25) is 5.02 Å². The number of benzene rings is 1. The van der Waals surface area contributed by atoms with Gasteiger partial charge in [-0.1, -0.05) is 31.5 Å². The second kappa shape index (κ2) is 4.10. The molecule has 0 radical (unpaired) electrons. The van der Waals surface area contributed by atoms with E-state index < -0.39 is 5.97 Å². The van der Waals surface area contributed by atoms with E-state index in [0.717, 1.165) is 11.1 Å². The van der Waals surface area contributed by atoms with E-state index in [1.165, 1.54) is 0 Å². The highest BCUT2D eigenvalue weighted by Crippen LogP contribution is 2.46. The number of halogens is 1. The Morgan fingerprint density at radius 2 is 2.12 bits per heavy atom. The Hall–Kier alpha value is -1.02. The lowest BCUT2D eigenvalue weighted by Gasteiger charge is -2.15. The first-order valence-corrected chi connectivity index (χ1v) is 5.90. The average molecular weight is 239 g/mol. The second-order valence-corrected chi connectivity index (χ2v) is 5.19. The van der Waals surface area contributed by atoms with Crippen molar-refractivity contribution in [1.82, 2.24) is 0 Å². The molecule has 0 aromatic heterocycles. The maximum absolute atomic E-state index is 11.2. The molecule has 1 aromatic carbocycles. The van der Waals surface area contributed by atoms with Crippen molar-refractivity contribution in [2.45, 2.75) is 32.1 Å². The maximum Gasteiger partial charge on any atom is 0.311 e. The molecular formula is C13H15ClO2. The van der Waals surface area contributed by atoms with Gasteiger partial charge in [-0.2, -0.15) is 0 Å². The average Bonchev–Trinajstić information content (AvgIpc) is 2.56. The van der Waals surface area contributed by atoms with Crippen molar-refractivity contribution < 1.29 is 9.90 Å². The van der Waals surface area contributed by atoms with Gasteiger partial charge in [-0.25, -0.2) is 0 Å². The van der Waals surface area contributed by atoms with Gasteiger partial charge in [-0.15, -0.1) is 0 Å². The van der Waals surface area contributed by atoms with Crippen molar-refractivity contribution in [2.75, 3.05) is 0 Å². The fourth-order valence-electron chi connectivity index (χ4n) is 2.56. The standard InChI is InChI=1S/C13H15ClO2/c1-7(2)10-6-12(13(15)16)9-4-3-8(14)5-11(9)10/h3-5,7,10,12H,6H2,1-2H3,(H,15,16). The van der Waals surface area contributed by atoms with E-state index in [9.17, 15) is 9.90 Å². The molecule has 3 heteroatoms. The Balaban J connectivity index is 2.48. The van der Waals surface area contributed by atoms with Gasteiger partial charge in [0.05, 0.1) is 5.92 Å². The molecule has 1 N–H and O–H groups in total. The molecule has 0 aliphatic heterocycles. The fraction of sp³-hybridized carbons (Fsp3) is 0.462. The van der Waals surface area contributed by atoms with E-state index in [4.69, 9.17) is 11.6 Å². The van der Waals surface area contributed by atoms with Crippen LogP contribution in [-0.4, -0.2) is 11.1 Å². The van der Waals surface area contributed by atoms with Crippen molar-refractivity contribution in [2.24, 2.45) is 5.92 Å². The Bertz CT molecular complexity index is 426. The van der Waals surface area contributed by atoms with E-state index in [2.05, 4.69) is 13.8 Å². The van der Waals surface area contributed by atoms with Gasteiger partial charge in [0, 0.05) is 5.02 Å². The third-order valence-corrected chi connectivity index (χ3v) is 3.65. The number of carboxylic acids is 1. The number of rotatable bonds is 2. The minimum atomic E-state index is -0.730. The highest BCUT2D eigenvalue weighted by atomic mass is 35.5. The lowest BCUT2D eigenvalue weighted by atomic mass is 9.90. The van der Waals surface area contributed by atoms with Crippen LogP contribution in [0.15, 0.2) is 18.2 Å². The quantitative estimate of drug-likeness (QED) is 0.854. The third kappa shape index (κ3) is 1.82. The molecule has 16 heavy (non-hydrogen) atoms. The Morgan fingerprint density at radius 3 is 2.69 bits per heavy atom. The van der Waals surface area contributed by atoms with Crippen molar-refractivity contribution in [3.63, 3.8) is 0 Å². The predicted octanol–water partition coefficient (Wildman–Crippen LogP) is 3.65. The normalized spacial score (nSPS) is 23.5. The SMILES string of the molecule is CC(C)C1CC(C(=O)O)c2ccc(Cl)cc21. The Kier molecular flexibility index (Phi) is 2.94. The minimum Gasteiger partial charge on any atom is -0.481 e. The molecule has 2 atom stereocenters. The molecule has 2 nitrogen and oxygen atoms in total. The maximum atomic E-state index is 11.2. The van der Waals surface area contributed by atoms with Crippen LogP contribution in [0.5, 0.6) is 0 Å². The van der Waals surface area contributed by atoms with Crippen LogP contribution in [0.1, 0.15) is 43.2 Å². The van der Waals surface area contributed by atoms with Crippen molar-refractivity contribution in [1.29, 1.82) is 0 Å². The molecule has 0 amide bonds. The molecule has 1 aromatic rings. The number of hydrogen-bond acceptors (Lipinski definition) is 1. The van der Waals surface area contributed by atoms with Gasteiger partial charge < -0.3 is 5.11 Å². The van der Waals surface area contributed by atoms with Crippen molar-refractivity contribution in [3.8, 4) is 0 Å². The summed E-state index contributed by atoms with van der Waals surface area (Å²) in [5.74, 6) is -0.331. The summed E-state index contributed by atoms with van der Waals surface area (Å²) in [5, 5.41) is 9.89. The molecule has 0 fully saturated rings. The lowest BCUT2D eigenvalue weighted by molar-refractivity contribution is -0.138. The van der Waals surface area contributed by atoms with Crippen LogP contribution < -0.4 is 0 Å². The van der Waals surface area contributed by atoms with Gasteiger partial charge in [-0.3, -0.25) is 4.79 Å². The molecule has 1 aliphatic carbocycles. The van der Waals surface area contributed by atoms with Crippen LogP contribution in [0, 0.1) is 5.92 Å². The van der Waals surface area contributed by atoms with Gasteiger partial charge in [0.15, 0.2) is 0 Å². The molecule has 2 rings (SSSR count). The zero-order valence-corrected chi connectivity index (χ0v) is 10.2. The number of hydrogen-bond donors (Lipinski definition) is 1. The van der Waals surface area contributed by atoms with Gasteiger partial charge >= 0.3 is 5.97 Å². The summed E-state index contributed by atoms with van der Waals surface area (Å²) >= 11 is 5.97. The largest absolute Gasteiger partial charge is 0.481 e. The summed E-state index contributed by atoms with van der Waals surface area (Å²) in [6.45, 7) is 4.25. The van der Waals surface area contributed by atoms with Crippen LogP contribution in [-0.2, 0) is 4.79 Å². The predicted molar refractivity (Wildman–Crippen MR) is 64.0 cm³/mol. The molecule has 0 spiro atoms. The first-order chi connectivity index (χ1) is 7.50. The molecule has 0 saturated heterocycles. The highest BCUT2D eigenvalue weighted by molar-refractivity contribution is 6.30. The van der Waals surface area contributed by atoms with Gasteiger partial charge in [0.25, 0.3) is 0 Å². The summed E-state index contributed by atoms with van der Waals surface area (Å²) in [6.07, 6.45) is 0.697. The van der Waals surface area contributed by atoms with Crippen LogP contribution in [0.4, 0.5) is 0 Å². The summed E-state index contributed by atoms with van der Waals surface area (Å²) < 4.78 is 0.